The zero-order valence-corrected chi connectivity index (χ0v) is 11.8. The van der Waals surface area contributed by atoms with Gasteiger partial charge in [0.25, 0.3) is 5.91 Å². The zero-order chi connectivity index (χ0) is 14.0. The first-order chi connectivity index (χ1) is 9.01. The van der Waals surface area contributed by atoms with Gasteiger partial charge in [-0.25, -0.2) is 0 Å². The van der Waals surface area contributed by atoms with Gasteiger partial charge in [-0.15, -0.1) is 0 Å². The highest BCUT2D eigenvalue weighted by molar-refractivity contribution is 6.33. The first-order valence-electron chi connectivity index (χ1n) is 6.04. The molecule has 2 aromatic rings. The second kappa shape index (κ2) is 5.44. The van der Waals surface area contributed by atoms with Crippen molar-refractivity contribution in [1.82, 2.24) is 24.9 Å². The fraction of sp³-hybridized carbons (Fsp3) is 0.417. The molecule has 0 bridgehead atoms. The highest BCUT2D eigenvalue weighted by Gasteiger charge is 2.18. The average Bonchev–Trinajstić information content (AvgIpc) is 2.95. The molecule has 0 aliphatic carbocycles. The number of nitrogens with zero attached hydrogens (tertiary/aromatic N) is 4. The molecule has 1 atom stereocenters. The van der Waals surface area contributed by atoms with Crippen LogP contribution in [0.3, 0.4) is 0 Å². The van der Waals surface area contributed by atoms with Crippen molar-refractivity contribution >= 4 is 17.5 Å². The summed E-state index contributed by atoms with van der Waals surface area (Å²) >= 11 is 5.93. The Bertz CT molecular complexity index is 589. The van der Waals surface area contributed by atoms with Crippen molar-refractivity contribution in [2.75, 3.05) is 0 Å². The lowest BCUT2D eigenvalue weighted by molar-refractivity contribution is 0.0933. The number of rotatable bonds is 4. The Morgan fingerprint density at radius 1 is 1.53 bits per heavy atom. The summed E-state index contributed by atoms with van der Waals surface area (Å²) in [6.07, 6.45) is 3.47. The van der Waals surface area contributed by atoms with Gasteiger partial charge in [0.15, 0.2) is 5.69 Å². The summed E-state index contributed by atoms with van der Waals surface area (Å²) in [6, 6.07) is 1.69. The van der Waals surface area contributed by atoms with E-state index in [9.17, 15) is 4.79 Å². The fourth-order valence-corrected chi connectivity index (χ4v) is 2.00. The molecular formula is C12H16ClN5O. The van der Waals surface area contributed by atoms with E-state index in [1.54, 1.807) is 13.2 Å². The van der Waals surface area contributed by atoms with Crippen LogP contribution in [-0.2, 0) is 13.6 Å². The number of halogens is 1. The molecule has 0 saturated carbocycles. The van der Waals surface area contributed by atoms with Gasteiger partial charge in [0.1, 0.15) is 0 Å². The molecule has 1 amide bonds. The van der Waals surface area contributed by atoms with Gasteiger partial charge >= 0.3 is 0 Å². The van der Waals surface area contributed by atoms with Crippen molar-refractivity contribution in [2.24, 2.45) is 7.05 Å². The lowest BCUT2D eigenvalue weighted by Crippen LogP contribution is -2.27. The minimum atomic E-state index is -0.302. The number of aryl methyl sites for hydroxylation is 2. The van der Waals surface area contributed by atoms with Crippen LogP contribution in [0.15, 0.2) is 18.5 Å². The van der Waals surface area contributed by atoms with Crippen molar-refractivity contribution in [3.63, 3.8) is 0 Å². The van der Waals surface area contributed by atoms with Crippen molar-refractivity contribution < 1.29 is 4.79 Å². The molecule has 0 saturated heterocycles. The minimum absolute atomic E-state index is 0.196. The van der Waals surface area contributed by atoms with E-state index in [1.807, 2.05) is 30.8 Å². The van der Waals surface area contributed by atoms with E-state index in [0.717, 1.165) is 12.2 Å². The van der Waals surface area contributed by atoms with E-state index < -0.39 is 0 Å². The third-order valence-electron chi connectivity index (χ3n) is 2.78. The highest BCUT2D eigenvalue weighted by Crippen LogP contribution is 2.15. The SMILES string of the molecule is CCn1ccc(C(C)NC(=O)c2nn(C)cc2Cl)n1. The molecule has 0 spiro atoms. The molecule has 2 rings (SSSR count). The Morgan fingerprint density at radius 3 is 2.79 bits per heavy atom. The van der Waals surface area contributed by atoms with Crippen LogP contribution in [0.2, 0.25) is 5.02 Å². The number of amides is 1. The summed E-state index contributed by atoms with van der Waals surface area (Å²) in [5, 5.41) is 11.5. The maximum atomic E-state index is 12.0. The van der Waals surface area contributed by atoms with E-state index >= 15 is 0 Å². The summed E-state index contributed by atoms with van der Waals surface area (Å²) in [7, 11) is 1.72. The number of carbonyl (C=O) groups is 1. The molecule has 1 unspecified atom stereocenters. The van der Waals surface area contributed by atoms with E-state index in [1.165, 1.54) is 4.68 Å². The summed E-state index contributed by atoms with van der Waals surface area (Å²) in [6.45, 7) is 4.68. The van der Waals surface area contributed by atoms with Gasteiger partial charge in [-0.05, 0) is 19.9 Å². The van der Waals surface area contributed by atoms with E-state index in [4.69, 9.17) is 11.6 Å². The topological polar surface area (TPSA) is 64.7 Å². The van der Waals surface area contributed by atoms with Crippen LogP contribution in [0.1, 0.15) is 36.1 Å². The van der Waals surface area contributed by atoms with Gasteiger partial charge in [0.05, 0.1) is 16.8 Å². The molecular weight excluding hydrogens is 266 g/mol. The smallest absolute Gasteiger partial charge is 0.273 e. The van der Waals surface area contributed by atoms with Crippen LogP contribution < -0.4 is 5.32 Å². The maximum Gasteiger partial charge on any atom is 0.273 e. The third kappa shape index (κ3) is 2.96. The summed E-state index contributed by atoms with van der Waals surface area (Å²) < 4.78 is 3.32. The molecule has 2 aromatic heterocycles. The standard InChI is InChI=1S/C12H16ClN5O/c1-4-18-6-5-10(15-18)8(2)14-12(19)11-9(13)7-17(3)16-11/h5-8H,4H2,1-3H3,(H,14,19). The van der Waals surface area contributed by atoms with Crippen LogP contribution in [0.5, 0.6) is 0 Å². The first-order valence-corrected chi connectivity index (χ1v) is 6.42. The Labute approximate surface area is 116 Å². The molecule has 0 radical (unpaired) electrons. The molecule has 0 aromatic carbocycles. The van der Waals surface area contributed by atoms with E-state index in [0.29, 0.717) is 5.02 Å². The van der Waals surface area contributed by atoms with Crippen molar-refractivity contribution in [2.45, 2.75) is 26.4 Å². The lowest BCUT2D eigenvalue weighted by atomic mass is 10.2. The molecule has 0 fully saturated rings. The minimum Gasteiger partial charge on any atom is -0.342 e. The van der Waals surface area contributed by atoms with Crippen LogP contribution in [0.4, 0.5) is 0 Å². The fourth-order valence-electron chi connectivity index (χ4n) is 1.74. The zero-order valence-electron chi connectivity index (χ0n) is 11.1. The molecule has 0 aliphatic rings. The summed E-state index contributed by atoms with van der Waals surface area (Å²) in [4.78, 5) is 12.0. The second-order valence-corrected chi connectivity index (χ2v) is 4.70. The lowest BCUT2D eigenvalue weighted by Gasteiger charge is -2.10. The normalized spacial score (nSPS) is 12.4. The Morgan fingerprint density at radius 2 is 2.26 bits per heavy atom. The first kappa shape index (κ1) is 13.6. The Kier molecular flexibility index (Phi) is 3.90. The quantitative estimate of drug-likeness (QED) is 0.929. The van der Waals surface area contributed by atoms with Gasteiger partial charge in [-0.2, -0.15) is 10.2 Å². The number of hydrogen-bond donors (Lipinski definition) is 1. The molecule has 6 nitrogen and oxygen atoms in total. The van der Waals surface area contributed by atoms with Crippen LogP contribution in [0, 0.1) is 0 Å². The van der Waals surface area contributed by atoms with Gasteiger partial charge in [-0.1, -0.05) is 11.6 Å². The van der Waals surface area contributed by atoms with Crippen molar-refractivity contribution in [3.05, 3.63) is 34.9 Å². The molecule has 19 heavy (non-hydrogen) atoms. The van der Waals surface area contributed by atoms with Crippen LogP contribution in [0.25, 0.3) is 0 Å². The highest BCUT2D eigenvalue weighted by atomic mass is 35.5. The monoisotopic (exact) mass is 281 g/mol. The predicted molar refractivity (Wildman–Crippen MR) is 72.0 cm³/mol. The number of nitrogens with one attached hydrogen (secondary N) is 1. The second-order valence-electron chi connectivity index (χ2n) is 4.29. The molecule has 102 valence electrons. The average molecular weight is 282 g/mol. The Hall–Kier alpha value is -1.82. The number of carbonyl (C=O) groups excluding carboxylic acids is 1. The predicted octanol–water partition coefficient (Wildman–Crippen LogP) is 1.78. The van der Waals surface area contributed by atoms with Gasteiger partial charge in [-0.3, -0.25) is 14.2 Å². The molecule has 2 heterocycles. The van der Waals surface area contributed by atoms with Gasteiger partial charge in [0, 0.05) is 26.0 Å². The third-order valence-corrected chi connectivity index (χ3v) is 3.05. The molecule has 1 N–H and O–H groups in total. The summed E-state index contributed by atoms with van der Waals surface area (Å²) in [5.41, 5.74) is 1.04. The van der Waals surface area contributed by atoms with E-state index in [-0.39, 0.29) is 17.6 Å². The Balaban J connectivity index is 2.08. The number of aromatic nitrogens is 4. The van der Waals surface area contributed by atoms with Gasteiger partial charge in [0.2, 0.25) is 0 Å². The van der Waals surface area contributed by atoms with Crippen LogP contribution >= 0.6 is 11.6 Å². The molecule has 0 aliphatic heterocycles. The summed E-state index contributed by atoms with van der Waals surface area (Å²) in [5.74, 6) is -0.302. The largest absolute Gasteiger partial charge is 0.342 e. The van der Waals surface area contributed by atoms with E-state index in [2.05, 4.69) is 15.5 Å². The number of hydrogen-bond acceptors (Lipinski definition) is 3. The maximum absolute atomic E-state index is 12.0. The van der Waals surface area contributed by atoms with Crippen molar-refractivity contribution in [1.29, 1.82) is 0 Å². The molecule has 7 heteroatoms. The van der Waals surface area contributed by atoms with Crippen molar-refractivity contribution in [3.8, 4) is 0 Å². The van der Waals surface area contributed by atoms with Crippen LogP contribution in [-0.4, -0.2) is 25.5 Å². The van der Waals surface area contributed by atoms with Gasteiger partial charge < -0.3 is 5.32 Å².